The summed E-state index contributed by atoms with van der Waals surface area (Å²) in [4.78, 5) is 11.9. The molecule has 106 valence electrons. The number of amides is 1. The first kappa shape index (κ1) is 12.4. The highest BCUT2D eigenvalue weighted by Gasteiger charge is 2.53. The molecule has 2 aliphatic carbocycles. The highest BCUT2D eigenvalue weighted by molar-refractivity contribution is 5.78. The average molecular weight is 269 g/mol. The Bertz CT molecular complexity index is 532. The Morgan fingerprint density at radius 1 is 1.10 bits per heavy atom. The highest BCUT2D eigenvalue weighted by Crippen LogP contribution is 2.58. The summed E-state index contributed by atoms with van der Waals surface area (Å²) in [5.41, 5.74) is 3.19. The zero-order valence-electron chi connectivity index (χ0n) is 12.0. The maximum absolute atomic E-state index is 11.9. The zero-order valence-corrected chi connectivity index (χ0v) is 12.0. The second-order valence-electron chi connectivity index (χ2n) is 6.94. The number of hydrogen-bond donors (Lipinski definition) is 1. The molecule has 1 saturated carbocycles. The predicted molar refractivity (Wildman–Crippen MR) is 79.3 cm³/mol. The van der Waals surface area contributed by atoms with Crippen LogP contribution in [0.3, 0.4) is 0 Å². The van der Waals surface area contributed by atoms with Gasteiger partial charge in [-0.05, 0) is 42.7 Å². The molecular weight excluding hydrogens is 246 g/mol. The van der Waals surface area contributed by atoms with Crippen LogP contribution in [0.4, 0.5) is 0 Å². The summed E-state index contributed by atoms with van der Waals surface area (Å²) in [5, 5.41) is 3.33. The van der Waals surface area contributed by atoms with E-state index in [1.54, 1.807) is 0 Å². The van der Waals surface area contributed by atoms with Crippen LogP contribution in [0.1, 0.15) is 62.1 Å². The van der Waals surface area contributed by atoms with Gasteiger partial charge in [0.05, 0.1) is 6.04 Å². The minimum absolute atomic E-state index is 0.248. The third-order valence-electron chi connectivity index (χ3n) is 6.00. The van der Waals surface area contributed by atoms with E-state index in [0.717, 1.165) is 18.8 Å². The number of fused-ring (bicyclic) bond motifs is 3. The first-order valence-electron chi connectivity index (χ1n) is 8.17. The zero-order chi connectivity index (χ0) is 13.6. The van der Waals surface area contributed by atoms with E-state index in [4.69, 9.17) is 0 Å². The van der Waals surface area contributed by atoms with Crippen molar-refractivity contribution >= 4 is 5.91 Å². The van der Waals surface area contributed by atoms with Gasteiger partial charge < -0.3 is 5.32 Å². The van der Waals surface area contributed by atoms with Crippen molar-refractivity contribution in [2.75, 3.05) is 0 Å². The van der Waals surface area contributed by atoms with Crippen LogP contribution in [0.5, 0.6) is 0 Å². The maximum Gasteiger partial charge on any atom is 0.220 e. The monoisotopic (exact) mass is 269 g/mol. The van der Waals surface area contributed by atoms with Crippen LogP contribution in [-0.2, 0) is 11.2 Å². The molecule has 20 heavy (non-hydrogen) atoms. The fourth-order valence-electron chi connectivity index (χ4n) is 5.04. The van der Waals surface area contributed by atoms with Gasteiger partial charge in [0.15, 0.2) is 0 Å². The van der Waals surface area contributed by atoms with Crippen LogP contribution in [-0.4, -0.2) is 5.91 Å². The molecule has 2 atom stereocenters. The summed E-state index contributed by atoms with van der Waals surface area (Å²) in [7, 11) is 0. The topological polar surface area (TPSA) is 29.1 Å². The molecule has 0 unspecified atom stereocenters. The van der Waals surface area contributed by atoms with E-state index < -0.39 is 0 Å². The number of carbonyl (C=O) groups excluding carboxylic acids is 1. The van der Waals surface area contributed by atoms with Crippen molar-refractivity contribution in [3.05, 3.63) is 35.4 Å². The molecule has 2 fully saturated rings. The summed E-state index contributed by atoms with van der Waals surface area (Å²) in [5.74, 6) is 1.05. The van der Waals surface area contributed by atoms with Crippen LogP contribution in [0, 0.1) is 11.3 Å². The van der Waals surface area contributed by atoms with Crippen molar-refractivity contribution in [1.82, 2.24) is 5.32 Å². The van der Waals surface area contributed by atoms with Gasteiger partial charge in [0, 0.05) is 11.8 Å². The lowest BCUT2D eigenvalue weighted by Gasteiger charge is -2.47. The molecular formula is C18H23NO. The number of rotatable bonds is 1. The Morgan fingerprint density at radius 2 is 1.90 bits per heavy atom. The molecule has 2 heteroatoms. The third-order valence-corrected chi connectivity index (χ3v) is 6.00. The molecule has 4 rings (SSSR count). The van der Waals surface area contributed by atoms with Gasteiger partial charge >= 0.3 is 0 Å². The SMILES string of the molecule is O=C1CC[C@]2(C3CCCCC3)Cc3ccccc3[C@@H]2N1. The van der Waals surface area contributed by atoms with E-state index in [-0.39, 0.29) is 11.9 Å². The quantitative estimate of drug-likeness (QED) is 0.826. The van der Waals surface area contributed by atoms with Crippen LogP contribution in [0.15, 0.2) is 24.3 Å². The second kappa shape index (κ2) is 4.61. The molecule has 1 N–H and O–H groups in total. The molecule has 3 aliphatic rings. The van der Waals surface area contributed by atoms with Crippen molar-refractivity contribution in [1.29, 1.82) is 0 Å². The molecule has 0 bridgehead atoms. The van der Waals surface area contributed by atoms with Crippen molar-refractivity contribution in [2.45, 2.75) is 57.4 Å². The third kappa shape index (κ3) is 1.73. The summed E-state index contributed by atoms with van der Waals surface area (Å²) < 4.78 is 0. The first-order chi connectivity index (χ1) is 9.79. The van der Waals surface area contributed by atoms with Crippen molar-refractivity contribution in [2.24, 2.45) is 11.3 Å². The van der Waals surface area contributed by atoms with Crippen molar-refractivity contribution in [3.8, 4) is 0 Å². The molecule has 0 spiro atoms. The number of hydrogen-bond acceptors (Lipinski definition) is 1. The molecule has 1 aromatic carbocycles. The molecule has 1 heterocycles. The Hall–Kier alpha value is -1.31. The van der Waals surface area contributed by atoms with Gasteiger partial charge in [-0.3, -0.25) is 4.79 Å². The van der Waals surface area contributed by atoms with E-state index in [2.05, 4.69) is 29.6 Å². The van der Waals surface area contributed by atoms with E-state index in [1.165, 1.54) is 49.7 Å². The minimum Gasteiger partial charge on any atom is -0.349 e. The molecule has 1 aromatic rings. The van der Waals surface area contributed by atoms with E-state index in [9.17, 15) is 4.79 Å². The van der Waals surface area contributed by atoms with Crippen molar-refractivity contribution in [3.63, 3.8) is 0 Å². The van der Waals surface area contributed by atoms with Gasteiger partial charge in [0.2, 0.25) is 5.91 Å². The highest BCUT2D eigenvalue weighted by atomic mass is 16.1. The normalized spacial score (nSPS) is 33.4. The van der Waals surface area contributed by atoms with Crippen LogP contribution < -0.4 is 5.32 Å². The fraction of sp³-hybridized carbons (Fsp3) is 0.611. The largest absolute Gasteiger partial charge is 0.349 e. The number of carbonyl (C=O) groups is 1. The van der Waals surface area contributed by atoms with Gasteiger partial charge in [0.25, 0.3) is 0 Å². The van der Waals surface area contributed by atoms with E-state index in [1.807, 2.05) is 0 Å². The number of nitrogens with one attached hydrogen (secondary N) is 1. The Labute approximate surface area is 121 Å². The summed E-state index contributed by atoms with van der Waals surface area (Å²) in [6, 6.07) is 9.05. The van der Waals surface area contributed by atoms with E-state index in [0.29, 0.717) is 5.41 Å². The standard InChI is InChI=1S/C18H23NO/c20-16-10-11-18(14-7-2-1-3-8-14)12-13-6-4-5-9-15(13)17(18)19-16/h4-6,9,14,17H,1-3,7-8,10-12H2,(H,19,20)/t17-,18+/m0/s1. The van der Waals surface area contributed by atoms with Gasteiger partial charge in [-0.15, -0.1) is 0 Å². The molecule has 1 saturated heterocycles. The average Bonchev–Trinajstić information content (AvgIpc) is 2.83. The molecule has 2 nitrogen and oxygen atoms in total. The molecule has 0 radical (unpaired) electrons. The molecule has 1 aliphatic heterocycles. The lowest BCUT2D eigenvalue weighted by molar-refractivity contribution is -0.128. The molecule has 0 aromatic heterocycles. The fourth-order valence-corrected chi connectivity index (χ4v) is 5.04. The number of piperidine rings is 1. The smallest absolute Gasteiger partial charge is 0.220 e. The lowest BCUT2D eigenvalue weighted by Crippen LogP contribution is -2.48. The Morgan fingerprint density at radius 3 is 2.75 bits per heavy atom. The Kier molecular flexibility index (Phi) is 2.87. The van der Waals surface area contributed by atoms with Crippen LogP contribution in [0.25, 0.3) is 0 Å². The lowest BCUT2D eigenvalue weighted by atomic mass is 9.61. The van der Waals surface area contributed by atoms with Crippen LogP contribution in [0.2, 0.25) is 0 Å². The summed E-state index contributed by atoms with van der Waals surface area (Å²) in [6.45, 7) is 0. The van der Waals surface area contributed by atoms with Crippen molar-refractivity contribution < 1.29 is 4.79 Å². The molecule has 1 amide bonds. The minimum atomic E-state index is 0.248. The number of benzene rings is 1. The maximum atomic E-state index is 11.9. The summed E-state index contributed by atoms with van der Waals surface area (Å²) >= 11 is 0. The van der Waals surface area contributed by atoms with E-state index >= 15 is 0 Å². The first-order valence-corrected chi connectivity index (χ1v) is 8.17. The predicted octanol–water partition coefficient (Wildman–Crippen LogP) is 3.76. The van der Waals surface area contributed by atoms with Gasteiger partial charge in [-0.1, -0.05) is 43.5 Å². The summed E-state index contributed by atoms with van der Waals surface area (Å²) in [6.07, 6.45) is 9.87. The Balaban J connectivity index is 1.75. The second-order valence-corrected chi connectivity index (χ2v) is 6.94. The van der Waals surface area contributed by atoms with Crippen LogP contribution >= 0.6 is 0 Å². The van der Waals surface area contributed by atoms with Gasteiger partial charge in [0.1, 0.15) is 0 Å². The van der Waals surface area contributed by atoms with Gasteiger partial charge in [-0.25, -0.2) is 0 Å². The van der Waals surface area contributed by atoms with Gasteiger partial charge in [-0.2, -0.15) is 0 Å².